The molecule has 0 radical (unpaired) electrons. The van der Waals surface area contributed by atoms with Gasteiger partial charge in [-0.2, -0.15) is 0 Å². The van der Waals surface area contributed by atoms with Crippen LogP contribution in [0.2, 0.25) is 0 Å². The van der Waals surface area contributed by atoms with Crippen LogP contribution in [0.3, 0.4) is 0 Å². The van der Waals surface area contributed by atoms with Crippen LogP contribution >= 0.6 is 0 Å². The minimum absolute atomic E-state index is 0.111. The lowest BCUT2D eigenvalue weighted by atomic mass is 9.86. The fourth-order valence-corrected chi connectivity index (χ4v) is 2.70. The molecular formula is C13H13F2NO. The molecule has 2 aliphatic rings. The maximum absolute atomic E-state index is 13.9. The van der Waals surface area contributed by atoms with Crippen molar-refractivity contribution >= 4 is 5.90 Å². The molecule has 1 fully saturated rings. The highest BCUT2D eigenvalue weighted by atomic mass is 19.2. The summed E-state index contributed by atoms with van der Waals surface area (Å²) in [6.45, 7) is 3.60. The molecule has 90 valence electrons. The number of ether oxygens (including phenoxy) is 1. The summed E-state index contributed by atoms with van der Waals surface area (Å²) in [7, 11) is 0. The van der Waals surface area contributed by atoms with Gasteiger partial charge in [0.1, 0.15) is 6.10 Å². The van der Waals surface area contributed by atoms with Crippen molar-refractivity contribution in [2.24, 2.45) is 10.9 Å². The fourth-order valence-electron chi connectivity index (χ4n) is 2.70. The third kappa shape index (κ3) is 1.47. The van der Waals surface area contributed by atoms with Gasteiger partial charge in [0.25, 0.3) is 0 Å². The molecule has 1 heterocycles. The molecule has 1 saturated carbocycles. The second kappa shape index (κ2) is 3.28. The normalized spacial score (nSPS) is 34.7. The van der Waals surface area contributed by atoms with E-state index in [2.05, 4.69) is 4.99 Å². The molecule has 2 nitrogen and oxygen atoms in total. The van der Waals surface area contributed by atoms with E-state index in [9.17, 15) is 8.78 Å². The highest BCUT2D eigenvalue weighted by Crippen LogP contribution is 2.53. The summed E-state index contributed by atoms with van der Waals surface area (Å²) in [6.07, 6.45) is 0.966. The standard InChI is InChI=1S/C13H13F2NO/c1-7-16-13(2,9-6-11(9)17-7)8-4-3-5-10(14)12(8)15/h3-5,9,11H,6H2,1-2H3/t9?,11?,13-/m1/s1. The Morgan fingerprint density at radius 2 is 2.18 bits per heavy atom. The van der Waals surface area contributed by atoms with E-state index in [-0.39, 0.29) is 12.0 Å². The zero-order valence-electron chi connectivity index (χ0n) is 9.71. The van der Waals surface area contributed by atoms with Gasteiger partial charge < -0.3 is 4.74 Å². The van der Waals surface area contributed by atoms with E-state index in [4.69, 9.17) is 4.74 Å². The first-order valence-electron chi connectivity index (χ1n) is 5.70. The van der Waals surface area contributed by atoms with E-state index < -0.39 is 17.2 Å². The van der Waals surface area contributed by atoms with Crippen LogP contribution in [0.5, 0.6) is 0 Å². The zero-order valence-corrected chi connectivity index (χ0v) is 9.71. The van der Waals surface area contributed by atoms with Crippen molar-refractivity contribution in [2.75, 3.05) is 0 Å². The lowest BCUT2D eigenvalue weighted by molar-refractivity contribution is 0.203. The van der Waals surface area contributed by atoms with Crippen LogP contribution in [-0.4, -0.2) is 12.0 Å². The molecule has 0 spiro atoms. The topological polar surface area (TPSA) is 21.6 Å². The Labute approximate surface area is 98.3 Å². The summed E-state index contributed by atoms with van der Waals surface area (Å²) in [5.74, 6) is -0.906. The van der Waals surface area contributed by atoms with Gasteiger partial charge in [-0.25, -0.2) is 13.8 Å². The molecule has 0 amide bonds. The first-order chi connectivity index (χ1) is 8.02. The Hall–Kier alpha value is -1.45. The van der Waals surface area contributed by atoms with E-state index in [0.717, 1.165) is 12.5 Å². The minimum atomic E-state index is -0.819. The lowest BCUT2D eigenvalue weighted by Gasteiger charge is -2.30. The van der Waals surface area contributed by atoms with Gasteiger partial charge in [-0.1, -0.05) is 12.1 Å². The number of hydrogen-bond acceptors (Lipinski definition) is 2. The third-order valence-corrected chi connectivity index (χ3v) is 3.66. The van der Waals surface area contributed by atoms with Gasteiger partial charge in [0.15, 0.2) is 17.5 Å². The Kier molecular flexibility index (Phi) is 2.06. The average molecular weight is 237 g/mol. The molecule has 17 heavy (non-hydrogen) atoms. The molecule has 1 aromatic carbocycles. The van der Waals surface area contributed by atoms with Crippen LogP contribution in [0.15, 0.2) is 23.2 Å². The molecule has 1 aliphatic carbocycles. The molecule has 3 atom stereocenters. The summed E-state index contributed by atoms with van der Waals surface area (Å²) in [5, 5.41) is 0. The molecular weight excluding hydrogens is 224 g/mol. The van der Waals surface area contributed by atoms with Crippen LogP contribution < -0.4 is 0 Å². The summed E-state index contributed by atoms with van der Waals surface area (Å²) in [5.41, 5.74) is -0.369. The van der Waals surface area contributed by atoms with Crippen molar-refractivity contribution in [3.05, 3.63) is 35.4 Å². The molecule has 0 saturated heterocycles. The summed E-state index contributed by atoms with van der Waals surface area (Å²) in [6, 6.07) is 4.26. The Morgan fingerprint density at radius 1 is 1.41 bits per heavy atom. The quantitative estimate of drug-likeness (QED) is 0.735. The predicted molar refractivity (Wildman–Crippen MR) is 59.8 cm³/mol. The number of rotatable bonds is 1. The van der Waals surface area contributed by atoms with Crippen LogP contribution in [0.4, 0.5) is 8.78 Å². The summed E-state index contributed by atoms with van der Waals surface area (Å²) in [4.78, 5) is 4.40. The van der Waals surface area contributed by atoms with Gasteiger partial charge in [-0.15, -0.1) is 0 Å². The number of fused-ring (bicyclic) bond motifs is 1. The Balaban J connectivity index is 2.14. The molecule has 0 aromatic heterocycles. The van der Waals surface area contributed by atoms with Crippen molar-refractivity contribution in [2.45, 2.75) is 31.9 Å². The van der Waals surface area contributed by atoms with E-state index in [1.165, 1.54) is 6.07 Å². The second-order valence-electron chi connectivity index (χ2n) is 4.88. The number of nitrogens with zero attached hydrogens (tertiary/aromatic N) is 1. The summed E-state index contributed by atoms with van der Waals surface area (Å²) < 4.78 is 32.6. The van der Waals surface area contributed by atoms with E-state index >= 15 is 0 Å². The van der Waals surface area contributed by atoms with Gasteiger partial charge >= 0.3 is 0 Å². The van der Waals surface area contributed by atoms with Gasteiger partial charge in [-0.3, -0.25) is 0 Å². The molecule has 1 aromatic rings. The maximum atomic E-state index is 13.9. The third-order valence-electron chi connectivity index (χ3n) is 3.66. The molecule has 1 aliphatic heterocycles. The first kappa shape index (κ1) is 10.7. The SMILES string of the molecule is CC1=N[C@](C)(c2cccc(F)c2F)C2CC2O1. The van der Waals surface area contributed by atoms with Crippen LogP contribution in [-0.2, 0) is 10.3 Å². The number of aliphatic imine (C=N–C) groups is 1. The second-order valence-corrected chi connectivity index (χ2v) is 4.88. The molecule has 0 N–H and O–H groups in total. The number of hydrogen-bond donors (Lipinski definition) is 0. The lowest BCUT2D eigenvalue weighted by Crippen LogP contribution is -2.32. The van der Waals surface area contributed by atoms with Crippen molar-refractivity contribution in [1.29, 1.82) is 0 Å². The Morgan fingerprint density at radius 3 is 2.94 bits per heavy atom. The van der Waals surface area contributed by atoms with Gasteiger partial charge in [-0.05, 0) is 19.4 Å². The molecule has 2 unspecified atom stereocenters. The van der Waals surface area contributed by atoms with E-state index in [1.807, 2.05) is 6.92 Å². The first-order valence-corrected chi connectivity index (χ1v) is 5.70. The van der Waals surface area contributed by atoms with Gasteiger partial charge in [0.2, 0.25) is 0 Å². The largest absolute Gasteiger partial charge is 0.478 e. The number of halogens is 2. The molecule has 4 heteroatoms. The van der Waals surface area contributed by atoms with Crippen molar-refractivity contribution < 1.29 is 13.5 Å². The molecule has 3 rings (SSSR count). The van der Waals surface area contributed by atoms with E-state index in [0.29, 0.717) is 11.5 Å². The van der Waals surface area contributed by atoms with E-state index in [1.54, 1.807) is 13.0 Å². The average Bonchev–Trinajstić information content (AvgIpc) is 3.01. The highest BCUT2D eigenvalue weighted by molar-refractivity contribution is 5.75. The zero-order chi connectivity index (χ0) is 12.2. The van der Waals surface area contributed by atoms with Crippen LogP contribution in [0.1, 0.15) is 25.8 Å². The Bertz CT molecular complexity index is 514. The van der Waals surface area contributed by atoms with Gasteiger partial charge in [0, 0.05) is 18.4 Å². The smallest absolute Gasteiger partial charge is 0.181 e. The fraction of sp³-hybridized carbons (Fsp3) is 0.462. The number of benzene rings is 1. The highest BCUT2D eigenvalue weighted by Gasteiger charge is 2.56. The minimum Gasteiger partial charge on any atom is -0.478 e. The van der Waals surface area contributed by atoms with Crippen molar-refractivity contribution in [3.63, 3.8) is 0 Å². The monoisotopic (exact) mass is 237 g/mol. The van der Waals surface area contributed by atoms with Crippen LogP contribution in [0.25, 0.3) is 0 Å². The van der Waals surface area contributed by atoms with Crippen molar-refractivity contribution in [1.82, 2.24) is 0 Å². The van der Waals surface area contributed by atoms with Crippen molar-refractivity contribution in [3.8, 4) is 0 Å². The maximum Gasteiger partial charge on any atom is 0.181 e. The van der Waals surface area contributed by atoms with Gasteiger partial charge in [0.05, 0.1) is 5.54 Å². The predicted octanol–water partition coefficient (Wildman–Crippen LogP) is 3.02. The van der Waals surface area contributed by atoms with Crippen LogP contribution in [0, 0.1) is 17.6 Å². The molecule has 0 bridgehead atoms. The summed E-state index contributed by atoms with van der Waals surface area (Å²) >= 11 is 0.